The Morgan fingerprint density at radius 2 is 1.76 bits per heavy atom. The molecule has 0 radical (unpaired) electrons. The maximum atomic E-state index is 13.1. The Morgan fingerprint density at radius 1 is 1.11 bits per heavy atom. The number of hydrogen-bond donors (Lipinski definition) is 1. The van der Waals surface area contributed by atoms with Gasteiger partial charge in [-0.15, -0.1) is 0 Å². The second-order valence-corrected chi connectivity index (χ2v) is 9.92. The summed E-state index contributed by atoms with van der Waals surface area (Å²) in [6.07, 6.45) is 4.59. The number of ether oxygens (including phenoxy) is 2. The van der Waals surface area contributed by atoms with Gasteiger partial charge in [-0.3, -0.25) is 9.69 Å². The minimum atomic E-state index is -0.0244. The fraction of sp³-hybridized carbons (Fsp3) is 0.536. The maximum Gasteiger partial charge on any atom is 0.255 e. The van der Waals surface area contributed by atoms with Crippen LogP contribution in [0.3, 0.4) is 0 Å². The number of aromatic nitrogens is 1. The molecule has 2 fully saturated rings. The molecule has 1 aromatic heterocycles. The highest BCUT2D eigenvalue weighted by molar-refractivity contribution is 6.33. The molecule has 10 heteroatoms. The number of amides is 1. The van der Waals surface area contributed by atoms with Crippen molar-refractivity contribution in [3.63, 3.8) is 0 Å². The predicted octanol–water partition coefficient (Wildman–Crippen LogP) is 3.25. The van der Waals surface area contributed by atoms with Crippen molar-refractivity contribution in [1.29, 1.82) is 0 Å². The molecule has 2 aliphatic heterocycles. The number of nitrogens with zero attached hydrogens (tertiary/aromatic N) is 4. The average Bonchev–Trinajstić information content (AvgIpc) is 2.95. The van der Waals surface area contributed by atoms with Crippen LogP contribution >= 0.6 is 11.6 Å². The lowest BCUT2D eigenvalue weighted by Crippen LogP contribution is -2.49. The van der Waals surface area contributed by atoms with E-state index in [0.29, 0.717) is 80.6 Å². The van der Waals surface area contributed by atoms with Crippen molar-refractivity contribution in [3.8, 4) is 11.5 Å². The highest BCUT2D eigenvalue weighted by atomic mass is 35.5. The van der Waals surface area contributed by atoms with Crippen LogP contribution in [0.1, 0.15) is 42.6 Å². The van der Waals surface area contributed by atoms with Gasteiger partial charge in [0.1, 0.15) is 28.6 Å². The molecular formula is C28H38ClN5O4. The van der Waals surface area contributed by atoms with Crippen molar-refractivity contribution in [1.82, 2.24) is 20.1 Å². The van der Waals surface area contributed by atoms with Gasteiger partial charge in [0.05, 0.1) is 25.3 Å². The van der Waals surface area contributed by atoms with Gasteiger partial charge in [0, 0.05) is 45.0 Å². The normalized spacial score (nSPS) is 16.8. The fourth-order valence-corrected chi connectivity index (χ4v) is 5.27. The monoisotopic (exact) mass is 543 g/mol. The second kappa shape index (κ2) is 13.8. The number of carbonyl (C=O) groups is 2. The molecule has 0 unspecified atom stereocenters. The molecule has 2 aliphatic rings. The lowest BCUT2D eigenvalue weighted by molar-refractivity contribution is -0.109. The molecule has 0 atom stereocenters. The summed E-state index contributed by atoms with van der Waals surface area (Å²) in [6, 6.07) is 8.07. The number of benzene rings is 1. The first kappa shape index (κ1) is 28.1. The molecule has 1 aromatic carbocycles. The zero-order valence-electron chi connectivity index (χ0n) is 22.3. The predicted molar refractivity (Wildman–Crippen MR) is 149 cm³/mol. The summed E-state index contributed by atoms with van der Waals surface area (Å²) >= 11 is 6.54. The number of piperidine rings is 1. The zero-order valence-corrected chi connectivity index (χ0v) is 23.1. The molecule has 1 amide bonds. The van der Waals surface area contributed by atoms with E-state index in [2.05, 4.69) is 15.1 Å². The van der Waals surface area contributed by atoms with Gasteiger partial charge < -0.3 is 29.4 Å². The first-order valence-electron chi connectivity index (χ1n) is 13.5. The van der Waals surface area contributed by atoms with Gasteiger partial charge in [0.2, 0.25) is 0 Å². The first-order valence-corrected chi connectivity index (χ1v) is 13.9. The highest BCUT2D eigenvalue weighted by Crippen LogP contribution is 2.37. The smallest absolute Gasteiger partial charge is 0.255 e. The van der Waals surface area contributed by atoms with E-state index in [9.17, 15) is 9.59 Å². The SMILES string of the molecule is CCOc1cc(CN(c2ccc(C(=O)N3CCN(CC=O)CC3)cn2)C2CCNCC2)cc(OCC)c1Cl. The number of nitrogens with one attached hydrogen (secondary N) is 1. The third-order valence-electron chi connectivity index (χ3n) is 7.05. The summed E-state index contributed by atoms with van der Waals surface area (Å²) in [4.78, 5) is 34.8. The Kier molecular flexibility index (Phi) is 10.2. The van der Waals surface area contributed by atoms with Crippen molar-refractivity contribution in [2.45, 2.75) is 39.3 Å². The van der Waals surface area contributed by atoms with Crippen LogP contribution in [0.4, 0.5) is 5.82 Å². The van der Waals surface area contributed by atoms with E-state index in [1.165, 1.54) is 0 Å². The lowest BCUT2D eigenvalue weighted by Gasteiger charge is -2.36. The minimum absolute atomic E-state index is 0.0244. The molecular weight excluding hydrogens is 506 g/mol. The summed E-state index contributed by atoms with van der Waals surface area (Å²) < 4.78 is 11.6. The molecule has 9 nitrogen and oxygen atoms in total. The highest BCUT2D eigenvalue weighted by Gasteiger charge is 2.26. The van der Waals surface area contributed by atoms with Gasteiger partial charge in [0.25, 0.3) is 5.91 Å². The van der Waals surface area contributed by atoms with Crippen LogP contribution < -0.4 is 19.7 Å². The van der Waals surface area contributed by atoms with E-state index in [0.717, 1.165) is 43.6 Å². The van der Waals surface area contributed by atoms with Crippen LogP contribution in [0.2, 0.25) is 5.02 Å². The molecule has 3 heterocycles. The van der Waals surface area contributed by atoms with Gasteiger partial charge in [-0.05, 0) is 69.6 Å². The number of rotatable bonds is 11. The Labute approximate surface area is 230 Å². The van der Waals surface area contributed by atoms with Crippen LogP contribution in [-0.2, 0) is 11.3 Å². The third-order valence-corrected chi connectivity index (χ3v) is 7.42. The van der Waals surface area contributed by atoms with Gasteiger partial charge in [-0.25, -0.2) is 4.98 Å². The molecule has 0 saturated carbocycles. The number of hydrogen-bond acceptors (Lipinski definition) is 8. The quantitative estimate of drug-likeness (QED) is 0.432. The zero-order chi connectivity index (χ0) is 26.9. The van der Waals surface area contributed by atoms with Crippen molar-refractivity contribution < 1.29 is 19.1 Å². The topological polar surface area (TPSA) is 87.2 Å². The summed E-state index contributed by atoms with van der Waals surface area (Å²) in [5, 5.41) is 3.92. The van der Waals surface area contributed by atoms with Gasteiger partial charge in [-0.1, -0.05) is 11.6 Å². The number of pyridine rings is 1. The van der Waals surface area contributed by atoms with Gasteiger partial charge in [-0.2, -0.15) is 0 Å². The Bertz CT molecular complexity index is 1040. The maximum absolute atomic E-state index is 13.1. The van der Waals surface area contributed by atoms with Crippen molar-refractivity contribution in [3.05, 3.63) is 46.6 Å². The fourth-order valence-electron chi connectivity index (χ4n) is 5.06. The van der Waals surface area contributed by atoms with Crippen LogP contribution in [0, 0.1) is 0 Å². The Morgan fingerprint density at radius 3 is 2.32 bits per heavy atom. The first-order chi connectivity index (χ1) is 18.5. The number of halogens is 1. The van der Waals surface area contributed by atoms with E-state index in [1.54, 1.807) is 6.20 Å². The molecule has 206 valence electrons. The van der Waals surface area contributed by atoms with Crippen LogP contribution in [0.15, 0.2) is 30.5 Å². The van der Waals surface area contributed by atoms with Crippen LogP contribution in [0.25, 0.3) is 0 Å². The summed E-state index contributed by atoms with van der Waals surface area (Å²) in [7, 11) is 0. The molecule has 0 aliphatic carbocycles. The van der Waals surface area contributed by atoms with E-state index in [-0.39, 0.29) is 5.91 Å². The van der Waals surface area contributed by atoms with Crippen molar-refractivity contribution in [2.24, 2.45) is 0 Å². The Balaban J connectivity index is 1.54. The van der Waals surface area contributed by atoms with Gasteiger partial charge in [0.15, 0.2) is 0 Å². The summed E-state index contributed by atoms with van der Waals surface area (Å²) in [5.41, 5.74) is 1.60. The van der Waals surface area contributed by atoms with E-state index >= 15 is 0 Å². The second-order valence-electron chi connectivity index (χ2n) is 9.55. The third kappa shape index (κ3) is 6.95. The van der Waals surface area contributed by atoms with Crippen molar-refractivity contribution in [2.75, 3.05) is 63.9 Å². The molecule has 0 bridgehead atoms. The number of anilines is 1. The molecule has 1 N–H and O–H groups in total. The van der Waals surface area contributed by atoms with E-state index in [4.69, 9.17) is 26.1 Å². The lowest BCUT2D eigenvalue weighted by atomic mass is 10.0. The largest absolute Gasteiger partial charge is 0.492 e. The van der Waals surface area contributed by atoms with Crippen LogP contribution in [-0.4, -0.2) is 92.0 Å². The van der Waals surface area contributed by atoms with E-state index < -0.39 is 0 Å². The molecule has 2 saturated heterocycles. The summed E-state index contributed by atoms with van der Waals surface area (Å²) in [6.45, 7) is 10.4. The minimum Gasteiger partial charge on any atom is -0.492 e. The van der Waals surface area contributed by atoms with Crippen LogP contribution in [0.5, 0.6) is 11.5 Å². The Hall–Kier alpha value is -2.88. The molecule has 38 heavy (non-hydrogen) atoms. The van der Waals surface area contributed by atoms with Gasteiger partial charge >= 0.3 is 0 Å². The summed E-state index contributed by atoms with van der Waals surface area (Å²) in [5.74, 6) is 2.03. The molecule has 0 spiro atoms. The van der Waals surface area contributed by atoms with Crippen molar-refractivity contribution >= 4 is 29.6 Å². The van der Waals surface area contributed by atoms with E-state index in [1.807, 2.05) is 43.0 Å². The molecule has 4 rings (SSSR count). The number of aldehydes is 1. The standard InChI is InChI=1S/C28H38ClN5O4/c1-3-37-24-17-21(18-25(27(24)29)38-4-2)20-34(23-7-9-30-10-8-23)26-6-5-22(19-31-26)28(36)33-13-11-32(12-14-33)15-16-35/h5-6,16-19,23,30H,3-4,7-15,20H2,1-2H3. The average molecular weight is 544 g/mol. The number of carbonyl (C=O) groups excluding carboxylic acids is 2. The molecule has 2 aromatic rings. The number of piperazine rings is 1.